The Kier molecular flexibility index (Phi) is 3.99. The summed E-state index contributed by atoms with van der Waals surface area (Å²) in [5, 5.41) is 9.15. The first kappa shape index (κ1) is 12.4. The van der Waals surface area contributed by atoms with Gasteiger partial charge in [0.25, 0.3) is 0 Å². The minimum atomic E-state index is 0.0707. The van der Waals surface area contributed by atoms with Gasteiger partial charge in [0.05, 0.1) is 5.92 Å². The minimum Gasteiger partial charge on any atom is -0.354 e. The van der Waals surface area contributed by atoms with Crippen molar-refractivity contribution in [3.05, 3.63) is 0 Å². The maximum atomic E-state index is 12.1. The second-order valence-corrected chi connectivity index (χ2v) is 5.04. The van der Waals surface area contributed by atoms with Crippen LogP contribution in [0.25, 0.3) is 0 Å². The second-order valence-electron chi connectivity index (χ2n) is 5.04. The fourth-order valence-electron chi connectivity index (χ4n) is 2.57. The van der Waals surface area contributed by atoms with Gasteiger partial charge < -0.3 is 16.0 Å². The fourth-order valence-corrected chi connectivity index (χ4v) is 2.57. The molecular formula is C12H21N3O2. The van der Waals surface area contributed by atoms with Crippen molar-refractivity contribution in [2.75, 3.05) is 13.1 Å². The van der Waals surface area contributed by atoms with Gasteiger partial charge in [0.15, 0.2) is 0 Å². The first-order chi connectivity index (χ1) is 8.16. The number of piperidine rings is 2. The summed E-state index contributed by atoms with van der Waals surface area (Å²) in [6.07, 6.45) is 3.29. The Hall–Kier alpha value is -1.10. The van der Waals surface area contributed by atoms with E-state index in [4.69, 9.17) is 0 Å². The van der Waals surface area contributed by atoms with Crippen molar-refractivity contribution in [3.63, 3.8) is 0 Å². The average Bonchev–Trinajstić information content (AvgIpc) is 2.32. The molecule has 0 spiro atoms. The van der Waals surface area contributed by atoms with Crippen molar-refractivity contribution in [1.82, 2.24) is 16.0 Å². The highest BCUT2D eigenvalue weighted by atomic mass is 16.2. The molecule has 0 aliphatic carbocycles. The molecule has 2 aliphatic rings. The fraction of sp³-hybridized carbons (Fsp3) is 0.833. The predicted molar refractivity (Wildman–Crippen MR) is 64.4 cm³/mol. The van der Waals surface area contributed by atoms with Gasteiger partial charge in [-0.05, 0) is 32.7 Å². The highest BCUT2D eigenvalue weighted by molar-refractivity contribution is 5.81. The molecule has 2 aliphatic heterocycles. The van der Waals surface area contributed by atoms with Gasteiger partial charge in [-0.25, -0.2) is 0 Å². The lowest BCUT2D eigenvalue weighted by atomic mass is 9.90. The van der Waals surface area contributed by atoms with Gasteiger partial charge in [-0.2, -0.15) is 0 Å². The summed E-state index contributed by atoms with van der Waals surface area (Å²) in [6.45, 7) is 3.63. The van der Waals surface area contributed by atoms with Crippen molar-refractivity contribution in [3.8, 4) is 0 Å². The highest BCUT2D eigenvalue weighted by Crippen LogP contribution is 2.17. The lowest BCUT2D eigenvalue weighted by Gasteiger charge is -2.31. The molecule has 2 fully saturated rings. The Balaban J connectivity index is 1.81. The molecule has 5 heteroatoms. The molecule has 5 nitrogen and oxygen atoms in total. The van der Waals surface area contributed by atoms with E-state index in [9.17, 15) is 9.59 Å². The van der Waals surface area contributed by atoms with E-state index in [0.29, 0.717) is 13.0 Å². The zero-order valence-corrected chi connectivity index (χ0v) is 10.3. The standard InChI is InChI=1S/C12H21N3O2/c1-8-10(3-2-6-13-8)12(17)15-9-4-5-11(16)14-7-9/h8-10,13H,2-7H2,1H3,(H,14,16)(H,15,17). The Bertz CT molecular complexity index is 296. The van der Waals surface area contributed by atoms with E-state index in [1.165, 1.54) is 0 Å². The lowest BCUT2D eigenvalue weighted by molar-refractivity contribution is -0.129. The summed E-state index contributed by atoms with van der Waals surface area (Å²) in [7, 11) is 0. The minimum absolute atomic E-state index is 0.0707. The van der Waals surface area contributed by atoms with E-state index >= 15 is 0 Å². The van der Waals surface area contributed by atoms with Crippen LogP contribution >= 0.6 is 0 Å². The molecule has 0 aromatic carbocycles. The molecule has 0 aromatic rings. The third-order valence-corrected chi connectivity index (χ3v) is 3.71. The number of nitrogens with one attached hydrogen (secondary N) is 3. The molecule has 96 valence electrons. The van der Waals surface area contributed by atoms with Crippen LogP contribution in [-0.4, -0.2) is 37.0 Å². The van der Waals surface area contributed by atoms with Crippen LogP contribution < -0.4 is 16.0 Å². The first-order valence-corrected chi connectivity index (χ1v) is 6.47. The molecule has 0 radical (unpaired) electrons. The highest BCUT2D eigenvalue weighted by Gasteiger charge is 2.29. The van der Waals surface area contributed by atoms with E-state index in [0.717, 1.165) is 25.8 Å². The quantitative estimate of drug-likeness (QED) is 0.623. The van der Waals surface area contributed by atoms with E-state index in [2.05, 4.69) is 22.9 Å². The molecule has 3 atom stereocenters. The summed E-state index contributed by atoms with van der Waals surface area (Å²) in [5.74, 6) is 0.287. The van der Waals surface area contributed by atoms with E-state index < -0.39 is 0 Å². The summed E-state index contributed by atoms with van der Waals surface area (Å²) >= 11 is 0. The van der Waals surface area contributed by atoms with Crippen LogP contribution in [0.4, 0.5) is 0 Å². The number of hydrogen-bond acceptors (Lipinski definition) is 3. The van der Waals surface area contributed by atoms with Gasteiger partial charge in [-0.1, -0.05) is 0 Å². The molecule has 17 heavy (non-hydrogen) atoms. The van der Waals surface area contributed by atoms with Crippen LogP contribution in [0.15, 0.2) is 0 Å². The molecule has 2 amide bonds. The van der Waals surface area contributed by atoms with Crippen molar-refractivity contribution in [1.29, 1.82) is 0 Å². The largest absolute Gasteiger partial charge is 0.354 e. The SMILES string of the molecule is CC1NCCCC1C(=O)NC1CCC(=O)NC1. The molecule has 0 saturated carbocycles. The molecule has 3 N–H and O–H groups in total. The molecule has 3 unspecified atom stereocenters. The van der Waals surface area contributed by atoms with Crippen molar-refractivity contribution in [2.24, 2.45) is 5.92 Å². The third-order valence-electron chi connectivity index (χ3n) is 3.71. The van der Waals surface area contributed by atoms with E-state index in [-0.39, 0.29) is 29.8 Å². The first-order valence-electron chi connectivity index (χ1n) is 6.47. The summed E-state index contributed by atoms with van der Waals surface area (Å²) in [6, 6.07) is 0.358. The predicted octanol–water partition coefficient (Wildman–Crippen LogP) is -0.231. The van der Waals surface area contributed by atoms with Gasteiger partial charge in [0.1, 0.15) is 0 Å². The normalized spacial score (nSPS) is 33.9. The van der Waals surface area contributed by atoms with Crippen molar-refractivity contribution >= 4 is 11.8 Å². The van der Waals surface area contributed by atoms with Crippen LogP contribution in [0.5, 0.6) is 0 Å². The number of carbonyl (C=O) groups excluding carboxylic acids is 2. The Morgan fingerprint density at radius 2 is 2.24 bits per heavy atom. The summed E-state index contributed by atoms with van der Waals surface area (Å²) in [4.78, 5) is 23.1. The van der Waals surface area contributed by atoms with Crippen molar-refractivity contribution in [2.45, 2.75) is 44.7 Å². The van der Waals surface area contributed by atoms with Gasteiger partial charge in [0, 0.05) is 25.0 Å². The Morgan fingerprint density at radius 1 is 1.41 bits per heavy atom. The Labute approximate surface area is 102 Å². The molecular weight excluding hydrogens is 218 g/mol. The van der Waals surface area contributed by atoms with Gasteiger partial charge in [0.2, 0.25) is 11.8 Å². The second kappa shape index (κ2) is 5.49. The van der Waals surface area contributed by atoms with Crippen LogP contribution in [-0.2, 0) is 9.59 Å². The Morgan fingerprint density at radius 3 is 2.88 bits per heavy atom. The van der Waals surface area contributed by atoms with Gasteiger partial charge in [-0.3, -0.25) is 9.59 Å². The molecule has 0 aromatic heterocycles. The molecule has 0 bridgehead atoms. The molecule has 2 saturated heterocycles. The average molecular weight is 239 g/mol. The van der Waals surface area contributed by atoms with Crippen molar-refractivity contribution < 1.29 is 9.59 Å². The van der Waals surface area contributed by atoms with E-state index in [1.54, 1.807) is 0 Å². The van der Waals surface area contributed by atoms with Gasteiger partial charge >= 0.3 is 0 Å². The number of rotatable bonds is 2. The maximum absolute atomic E-state index is 12.1. The summed E-state index contributed by atoms with van der Waals surface area (Å²) in [5.41, 5.74) is 0. The third kappa shape index (κ3) is 3.19. The number of amides is 2. The van der Waals surface area contributed by atoms with Crippen LogP contribution in [0, 0.1) is 5.92 Å². The number of hydrogen-bond donors (Lipinski definition) is 3. The lowest BCUT2D eigenvalue weighted by Crippen LogP contribution is -2.53. The van der Waals surface area contributed by atoms with Crippen LogP contribution in [0.1, 0.15) is 32.6 Å². The zero-order chi connectivity index (χ0) is 12.3. The maximum Gasteiger partial charge on any atom is 0.224 e. The molecule has 2 rings (SSSR count). The topological polar surface area (TPSA) is 70.2 Å². The number of carbonyl (C=O) groups is 2. The molecule has 2 heterocycles. The van der Waals surface area contributed by atoms with E-state index in [1.807, 2.05) is 0 Å². The zero-order valence-electron chi connectivity index (χ0n) is 10.3. The monoisotopic (exact) mass is 239 g/mol. The van der Waals surface area contributed by atoms with Crippen LogP contribution in [0.3, 0.4) is 0 Å². The van der Waals surface area contributed by atoms with Crippen LogP contribution in [0.2, 0.25) is 0 Å². The van der Waals surface area contributed by atoms with Gasteiger partial charge in [-0.15, -0.1) is 0 Å². The summed E-state index contributed by atoms with van der Waals surface area (Å²) < 4.78 is 0. The smallest absolute Gasteiger partial charge is 0.224 e.